The highest BCUT2D eigenvalue weighted by Crippen LogP contribution is 2.20. The van der Waals surface area contributed by atoms with Crippen molar-refractivity contribution in [3.63, 3.8) is 0 Å². The van der Waals surface area contributed by atoms with Crippen molar-refractivity contribution < 1.29 is 14.6 Å². The number of amides is 2. The zero-order valence-corrected chi connectivity index (χ0v) is 17.1. The van der Waals surface area contributed by atoms with Gasteiger partial charge in [-0.25, -0.2) is 4.79 Å². The Morgan fingerprint density at radius 2 is 2.07 bits per heavy atom. The van der Waals surface area contributed by atoms with Gasteiger partial charge in [-0.15, -0.1) is 0 Å². The van der Waals surface area contributed by atoms with Crippen molar-refractivity contribution in [1.29, 1.82) is 0 Å². The van der Waals surface area contributed by atoms with E-state index in [9.17, 15) is 9.82 Å². The number of methoxy groups -OCH3 is 1. The molecule has 156 valence electrons. The van der Waals surface area contributed by atoms with Gasteiger partial charge in [-0.05, 0) is 52.9 Å². The molecule has 1 aliphatic heterocycles. The summed E-state index contributed by atoms with van der Waals surface area (Å²) in [5, 5.41) is 25.7. The van der Waals surface area contributed by atoms with Crippen molar-refractivity contribution >= 4 is 13.1 Å². The number of likely N-dealkylation sites (N-methyl/N-ethyl adjacent to an activating group) is 1. The molecule has 10 heteroatoms. The van der Waals surface area contributed by atoms with Gasteiger partial charge in [0.05, 0.1) is 12.3 Å². The Labute approximate surface area is 163 Å². The highest BCUT2D eigenvalue weighted by atomic mass is 16.5. The van der Waals surface area contributed by atoms with E-state index < -0.39 is 7.05 Å². The fourth-order valence-corrected chi connectivity index (χ4v) is 3.70. The Bertz CT molecular complexity index is 458. The van der Waals surface area contributed by atoms with E-state index in [4.69, 9.17) is 4.74 Å². The lowest BCUT2D eigenvalue weighted by Gasteiger charge is -2.37. The second kappa shape index (κ2) is 11.2. The third kappa shape index (κ3) is 7.93. The zero-order valence-electron chi connectivity index (χ0n) is 17.1. The number of ether oxygens (including phenoxy) is 1. The van der Waals surface area contributed by atoms with Gasteiger partial charge in [0.1, 0.15) is 6.29 Å². The lowest BCUT2D eigenvalue weighted by Crippen LogP contribution is -2.68. The van der Waals surface area contributed by atoms with Crippen LogP contribution in [-0.4, -0.2) is 80.8 Å². The van der Waals surface area contributed by atoms with Crippen LogP contribution in [0, 0.1) is 0 Å². The lowest BCUT2D eigenvalue weighted by atomic mass is 9.86. The van der Waals surface area contributed by atoms with Crippen LogP contribution in [0.15, 0.2) is 0 Å². The average molecular weight is 384 g/mol. The number of nitrogens with one attached hydrogen (secondary N) is 5. The van der Waals surface area contributed by atoms with Crippen molar-refractivity contribution in [1.82, 2.24) is 31.4 Å². The van der Waals surface area contributed by atoms with E-state index in [0.717, 1.165) is 45.2 Å². The van der Waals surface area contributed by atoms with Gasteiger partial charge in [0.25, 0.3) is 0 Å². The van der Waals surface area contributed by atoms with Crippen LogP contribution in [0.3, 0.4) is 0 Å². The van der Waals surface area contributed by atoms with Crippen LogP contribution in [0.5, 0.6) is 0 Å². The summed E-state index contributed by atoms with van der Waals surface area (Å²) in [7, 11) is 3.16. The molecule has 0 aromatic heterocycles. The molecule has 1 saturated heterocycles. The van der Waals surface area contributed by atoms with Crippen molar-refractivity contribution in [3.8, 4) is 0 Å². The van der Waals surface area contributed by atoms with Gasteiger partial charge in [0, 0.05) is 32.3 Å². The number of carbonyl (C=O) groups excluding carboxylic acids is 1. The first kappa shape index (κ1) is 22.4. The van der Waals surface area contributed by atoms with Crippen LogP contribution in [-0.2, 0) is 4.74 Å². The third-order valence-corrected chi connectivity index (χ3v) is 5.47. The SMILES string of the molecule is COC1CCCC(NC(=O)NC2NC(C)CC(NCCN(C)B(C)O)N2)C1. The Kier molecular flexibility index (Phi) is 9.27. The molecular formula is C17H37BN6O3. The second-order valence-corrected chi connectivity index (χ2v) is 7.86. The Hall–Kier alpha value is -0.905. The van der Waals surface area contributed by atoms with Gasteiger partial charge < -0.3 is 30.5 Å². The number of nitrogens with zero attached hydrogens (tertiary/aromatic N) is 1. The molecule has 2 rings (SSSR count). The predicted molar refractivity (Wildman–Crippen MR) is 107 cm³/mol. The molecule has 0 aromatic rings. The molecule has 2 fully saturated rings. The molecule has 1 aliphatic carbocycles. The zero-order chi connectivity index (χ0) is 19.8. The van der Waals surface area contributed by atoms with Crippen LogP contribution in [0.2, 0.25) is 6.82 Å². The minimum atomic E-state index is -0.456. The van der Waals surface area contributed by atoms with E-state index in [1.54, 1.807) is 13.9 Å². The summed E-state index contributed by atoms with van der Waals surface area (Å²) in [6.07, 6.45) is 4.97. The first-order chi connectivity index (χ1) is 12.9. The summed E-state index contributed by atoms with van der Waals surface area (Å²) in [5.74, 6) is 0. The summed E-state index contributed by atoms with van der Waals surface area (Å²) in [4.78, 5) is 14.2. The van der Waals surface area contributed by atoms with Gasteiger partial charge >= 0.3 is 13.1 Å². The van der Waals surface area contributed by atoms with E-state index in [2.05, 4.69) is 33.5 Å². The summed E-state index contributed by atoms with van der Waals surface area (Å²) in [6.45, 7) is 5.36. The maximum atomic E-state index is 12.4. The molecule has 1 heterocycles. The Balaban J connectivity index is 1.72. The largest absolute Gasteiger partial charge is 0.437 e. The fraction of sp³-hybridized carbons (Fsp3) is 0.941. The smallest absolute Gasteiger partial charge is 0.376 e. The molecule has 5 atom stereocenters. The van der Waals surface area contributed by atoms with Crippen molar-refractivity contribution in [3.05, 3.63) is 0 Å². The van der Waals surface area contributed by atoms with Crippen LogP contribution >= 0.6 is 0 Å². The molecule has 0 bridgehead atoms. The van der Waals surface area contributed by atoms with Crippen LogP contribution in [0.1, 0.15) is 39.0 Å². The molecule has 2 aliphatic rings. The van der Waals surface area contributed by atoms with E-state index in [-0.39, 0.29) is 36.7 Å². The van der Waals surface area contributed by atoms with E-state index in [1.807, 2.05) is 11.9 Å². The second-order valence-electron chi connectivity index (χ2n) is 7.86. The van der Waals surface area contributed by atoms with E-state index in [0.29, 0.717) is 0 Å². The number of carbonyl (C=O) groups is 1. The number of urea groups is 1. The first-order valence-corrected chi connectivity index (χ1v) is 10.1. The van der Waals surface area contributed by atoms with Crippen LogP contribution in [0.25, 0.3) is 0 Å². The molecule has 1 saturated carbocycles. The molecule has 27 heavy (non-hydrogen) atoms. The minimum Gasteiger partial charge on any atom is -0.437 e. The third-order valence-electron chi connectivity index (χ3n) is 5.47. The first-order valence-electron chi connectivity index (χ1n) is 10.1. The van der Waals surface area contributed by atoms with E-state index in [1.165, 1.54) is 0 Å². The summed E-state index contributed by atoms with van der Waals surface area (Å²) < 4.78 is 5.43. The molecule has 9 nitrogen and oxygen atoms in total. The Morgan fingerprint density at radius 1 is 1.30 bits per heavy atom. The molecule has 6 N–H and O–H groups in total. The molecular weight excluding hydrogens is 347 g/mol. The quantitative estimate of drug-likeness (QED) is 0.312. The van der Waals surface area contributed by atoms with Crippen molar-refractivity contribution in [2.75, 3.05) is 27.2 Å². The summed E-state index contributed by atoms with van der Waals surface area (Å²) in [6, 6.07) is 0.272. The van der Waals surface area contributed by atoms with Crippen molar-refractivity contribution in [2.24, 2.45) is 0 Å². The molecule has 0 aromatic carbocycles. The van der Waals surface area contributed by atoms with Gasteiger partial charge in [0.2, 0.25) is 0 Å². The average Bonchev–Trinajstić information content (AvgIpc) is 2.61. The van der Waals surface area contributed by atoms with Crippen LogP contribution in [0.4, 0.5) is 4.79 Å². The molecule has 0 spiro atoms. The lowest BCUT2D eigenvalue weighted by molar-refractivity contribution is 0.0601. The Morgan fingerprint density at radius 3 is 2.78 bits per heavy atom. The van der Waals surface area contributed by atoms with Gasteiger partial charge in [-0.2, -0.15) is 0 Å². The van der Waals surface area contributed by atoms with Crippen LogP contribution < -0.4 is 26.6 Å². The molecule has 5 unspecified atom stereocenters. The van der Waals surface area contributed by atoms with Gasteiger partial charge in [-0.1, -0.05) is 0 Å². The van der Waals surface area contributed by atoms with Gasteiger partial charge in [0.15, 0.2) is 0 Å². The van der Waals surface area contributed by atoms with Crippen molar-refractivity contribution in [2.45, 2.75) is 76.5 Å². The topological polar surface area (TPSA) is 110 Å². The fourth-order valence-electron chi connectivity index (χ4n) is 3.70. The standard InChI is InChI=1S/C17H37BN6O3/c1-12-10-15(19-8-9-24(3)18(2)26)22-16(20-12)23-17(25)21-13-6-5-7-14(11-13)27-4/h12-16,19-20,22,26H,5-11H2,1-4H3,(H2,21,23,25). The summed E-state index contributed by atoms with van der Waals surface area (Å²) in [5.41, 5.74) is 0. The number of hydrogen-bond acceptors (Lipinski definition) is 7. The normalized spacial score (nSPS) is 31.6. The summed E-state index contributed by atoms with van der Waals surface area (Å²) >= 11 is 0. The number of hydrogen-bond donors (Lipinski definition) is 6. The van der Waals surface area contributed by atoms with E-state index >= 15 is 0 Å². The molecule has 2 amide bonds. The highest BCUT2D eigenvalue weighted by Gasteiger charge is 2.27. The monoisotopic (exact) mass is 384 g/mol. The maximum absolute atomic E-state index is 12.4. The maximum Gasteiger partial charge on any atom is 0.376 e. The van der Waals surface area contributed by atoms with Gasteiger partial charge in [-0.3, -0.25) is 10.6 Å². The number of rotatable bonds is 8. The highest BCUT2D eigenvalue weighted by molar-refractivity contribution is 6.45. The predicted octanol–water partition coefficient (Wildman–Crippen LogP) is -0.544. The minimum absolute atomic E-state index is 0.0986. The molecule has 0 radical (unpaired) electrons.